The van der Waals surface area contributed by atoms with Crippen LogP contribution >= 0.6 is 0 Å². The van der Waals surface area contributed by atoms with Crippen molar-refractivity contribution in [3.8, 4) is 0 Å². The summed E-state index contributed by atoms with van der Waals surface area (Å²) in [4.78, 5) is 0. The molecule has 1 N–H and O–H groups in total. The molecule has 0 aromatic carbocycles. The van der Waals surface area contributed by atoms with Crippen molar-refractivity contribution < 1.29 is 5.11 Å². The van der Waals surface area contributed by atoms with Gasteiger partial charge >= 0.3 is 0 Å². The molecule has 0 aromatic rings. The Hall–Kier alpha value is -0.560. The van der Waals surface area contributed by atoms with Crippen LogP contribution in [0.15, 0.2) is 23.3 Å². The molecule has 176 valence electrons. The van der Waals surface area contributed by atoms with Crippen LogP contribution in [0.25, 0.3) is 0 Å². The summed E-state index contributed by atoms with van der Waals surface area (Å²) in [5, 5.41) is 10.8. The molecule has 0 amide bonds. The first kappa shape index (κ1) is 23.6. The van der Waals surface area contributed by atoms with E-state index >= 15 is 0 Å². The minimum atomic E-state index is -0.169. The Labute approximate surface area is 193 Å². The lowest BCUT2D eigenvalue weighted by molar-refractivity contribution is -0.145. The lowest BCUT2D eigenvalue weighted by Gasteiger charge is -2.66. The van der Waals surface area contributed by atoms with E-state index in [4.69, 9.17) is 0 Å². The van der Waals surface area contributed by atoms with Crippen LogP contribution in [-0.2, 0) is 0 Å². The van der Waals surface area contributed by atoms with Crippen LogP contribution < -0.4 is 0 Å². The molecular weight excluding hydrogens is 376 g/mol. The lowest BCUT2D eigenvalue weighted by Crippen LogP contribution is -2.59. The highest BCUT2D eigenvalue weighted by Gasteiger charge is 2.67. The third-order valence-corrected chi connectivity index (χ3v) is 11.8. The van der Waals surface area contributed by atoms with Crippen LogP contribution in [0.1, 0.15) is 113 Å². The first-order valence-corrected chi connectivity index (χ1v) is 13.4. The minimum absolute atomic E-state index is 0.0454. The number of fused-ring (bicyclic) bond motifs is 5. The van der Waals surface area contributed by atoms with Crippen molar-refractivity contribution in [3.05, 3.63) is 23.3 Å². The number of aliphatic hydroxyl groups is 1. The molecule has 0 spiro atoms. The summed E-state index contributed by atoms with van der Waals surface area (Å²) >= 11 is 0. The lowest BCUT2D eigenvalue weighted by atomic mass is 9.39. The van der Waals surface area contributed by atoms with E-state index in [0.717, 1.165) is 24.2 Å². The summed E-state index contributed by atoms with van der Waals surface area (Å²) in [7, 11) is 0. The fourth-order valence-electron chi connectivity index (χ4n) is 9.47. The number of hydrogen-bond acceptors (Lipinski definition) is 1. The largest absolute Gasteiger partial charge is 0.392 e. The zero-order valence-electron chi connectivity index (χ0n) is 21.9. The van der Waals surface area contributed by atoms with Gasteiger partial charge in [0.05, 0.1) is 6.10 Å². The normalized spacial score (nSPS) is 46.9. The maximum absolute atomic E-state index is 10.8. The molecule has 4 rings (SSSR count). The second-order valence-electron chi connectivity index (χ2n) is 13.6. The third-order valence-electron chi connectivity index (χ3n) is 11.8. The van der Waals surface area contributed by atoms with Crippen LogP contribution in [0.3, 0.4) is 0 Å². The van der Waals surface area contributed by atoms with Crippen molar-refractivity contribution in [3.63, 3.8) is 0 Å². The molecule has 1 unspecified atom stereocenters. The maximum Gasteiger partial charge on any atom is 0.0628 e. The van der Waals surface area contributed by atoms with E-state index in [2.05, 4.69) is 67.5 Å². The Morgan fingerprint density at radius 1 is 1.03 bits per heavy atom. The second-order valence-corrected chi connectivity index (χ2v) is 13.6. The predicted octanol–water partition coefficient (Wildman–Crippen LogP) is 8.34. The van der Waals surface area contributed by atoms with E-state index in [1.165, 1.54) is 56.9 Å². The fourth-order valence-corrected chi connectivity index (χ4v) is 9.47. The van der Waals surface area contributed by atoms with E-state index in [-0.39, 0.29) is 11.5 Å². The van der Waals surface area contributed by atoms with Crippen LogP contribution in [0.4, 0.5) is 0 Å². The Balaban J connectivity index is 1.62. The van der Waals surface area contributed by atoms with Gasteiger partial charge in [0.2, 0.25) is 0 Å². The van der Waals surface area contributed by atoms with Gasteiger partial charge in [0, 0.05) is 5.41 Å². The number of hydrogen-bond donors (Lipinski definition) is 1. The molecule has 0 bridgehead atoms. The van der Waals surface area contributed by atoms with Crippen LogP contribution in [-0.4, -0.2) is 11.2 Å². The van der Waals surface area contributed by atoms with Gasteiger partial charge in [-0.15, -0.1) is 0 Å². The van der Waals surface area contributed by atoms with Crippen molar-refractivity contribution in [2.24, 2.45) is 45.3 Å². The van der Waals surface area contributed by atoms with Gasteiger partial charge in [0.1, 0.15) is 0 Å². The third kappa shape index (κ3) is 3.34. The molecule has 3 saturated carbocycles. The summed E-state index contributed by atoms with van der Waals surface area (Å²) in [5.74, 6) is 3.18. The van der Waals surface area contributed by atoms with Gasteiger partial charge in [-0.1, -0.05) is 64.8 Å². The van der Waals surface area contributed by atoms with Crippen molar-refractivity contribution in [1.82, 2.24) is 0 Å². The first-order chi connectivity index (χ1) is 14.4. The average Bonchev–Trinajstić information content (AvgIpc) is 2.96. The van der Waals surface area contributed by atoms with E-state index in [1.807, 2.05) is 0 Å². The summed E-state index contributed by atoms with van der Waals surface area (Å²) in [6.07, 6.45) is 16.5. The predicted molar refractivity (Wildman–Crippen MR) is 133 cm³/mol. The molecule has 4 aliphatic carbocycles. The number of aliphatic hydroxyl groups excluding tert-OH is 1. The molecule has 1 heteroatoms. The van der Waals surface area contributed by atoms with Gasteiger partial charge in [0.25, 0.3) is 0 Å². The molecule has 31 heavy (non-hydrogen) atoms. The van der Waals surface area contributed by atoms with Crippen LogP contribution in [0, 0.1) is 45.3 Å². The monoisotopic (exact) mass is 426 g/mol. The molecule has 1 nitrogen and oxygen atoms in total. The van der Waals surface area contributed by atoms with Crippen molar-refractivity contribution in [2.75, 3.05) is 0 Å². The number of allylic oxidation sites excluding steroid dienone is 3. The SMILES string of the molecule is CC(C)=CCC[C@@H](C)C1CC[C@@]2(C)[C@@H]3CC=C4[C@@H](CC[C@H](O)C4(C)C)[C@]3(C)CC[C@]12C. The first-order valence-electron chi connectivity index (χ1n) is 13.4. The molecule has 0 saturated heterocycles. The minimum Gasteiger partial charge on any atom is -0.392 e. The molecular formula is C30H50O. The Kier molecular flexibility index (Phi) is 5.90. The van der Waals surface area contributed by atoms with Gasteiger partial charge in [0.15, 0.2) is 0 Å². The smallest absolute Gasteiger partial charge is 0.0628 e. The molecule has 8 atom stereocenters. The molecule has 0 aliphatic heterocycles. The molecule has 0 heterocycles. The van der Waals surface area contributed by atoms with Crippen LogP contribution in [0.2, 0.25) is 0 Å². The topological polar surface area (TPSA) is 20.2 Å². The fraction of sp³-hybridized carbons (Fsp3) is 0.867. The Morgan fingerprint density at radius 3 is 2.42 bits per heavy atom. The average molecular weight is 427 g/mol. The molecule has 3 fully saturated rings. The van der Waals surface area contributed by atoms with Gasteiger partial charge in [-0.05, 0) is 112 Å². The maximum atomic E-state index is 10.8. The van der Waals surface area contributed by atoms with E-state index in [9.17, 15) is 5.11 Å². The second kappa shape index (κ2) is 7.75. The summed E-state index contributed by atoms with van der Waals surface area (Å²) < 4.78 is 0. The Bertz CT molecular complexity index is 754. The van der Waals surface area contributed by atoms with E-state index < -0.39 is 0 Å². The van der Waals surface area contributed by atoms with Gasteiger partial charge in [-0.25, -0.2) is 0 Å². The van der Waals surface area contributed by atoms with Crippen LogP contribution in [0.5, 0.6) is 0 Å². The highest BCUT2D eigenvalue weighted by Crippen LogP contribution is 2.74. The highest BCUT2D eigenvalue weighted by atomic mass is 16.3. The summed E-state index contributed by atoms with van der Waals surface area (Å²) in [5.41, 5.74) is 4.37. The van der Waals surface area contributed by atoms with E-state index in [0.29, 0.717) is 22.2 Å². The standard InChI is InChI=1S/C30H50O/c1-20(2)10-9-11-21(3)22-16-17-30(8)25-14-12-23-24(13-15-26(31)27(23,4)5)28(25,6)18-19-29(22,30)7/h10,12,21-22,24-26,31H,9,11,13-19H2,1-8H3/t21-,22?,24-,25-,26+,28+,29-,30+/m1/s1. The van der Waals surface area contributed by atoms with Crippen molar-refractivity contribution in [2.45, 2.75) is 119 Å². The molecule has 0 aromatic heterocycles. The Morgan fingerprint density at radius 2 is 1.74 bits per heavy atom. The molecule has 4 aliphatic rings. The molecule has 0 radical (unpaired) electrons. The summed E-state index contributed by atoms with van der Waals surface area (Å²) in [6, 6.07) is 0. The van der Waals surface area contributed by atoms with Crippen molar-refractivity contribution in [1.29, 1.82) is 0 Å². The zero-order valence-corrected chi connectivity index (χ0v) is 21.9. The van der Waals surface area contributed by atoms with Crippen molar-refractivity contribution >= 4 is 0 Å². The van der Waals surface area contributed by atoms with Gasteiger partial charge in [-0.3, -0.25) is 0 Å². The van der Waals surface area contributed by atoms with Gasteiger partial charge < -0.3 is 5.11 Å². The zero-order chi connectivity index (χ0) is 22.8. The summed E-state index contributed by atoms with van der Waals surface area (Å²) in [6.45, 7) is 19.7. The van der Waals surface area contributed by atoms with Gasteiger partial charge in [-0.2, -0.15) is 0 Å². The number of rotatable bonds is 4. The highest BCUT2D eigenvalue weighted by molar-refractivity contribution is 5.30. The quantitative estimate of drug-likeness (QED) is 0.448. The van der Waals surface area contributed by atoms with E-state index in [1.54, 1.807) is 5.57 Å².